The molecule has 2 heterocycles. The molecular formula is C13H23N3O4. The minimum Gasteiger partial charge on any atom is -0.480 e. The molecule has 20 heavy (non-hydrogen) atoms. The minimum atomic E-state index is -1.06. The maximum absolute atomic E-state index is 12.0. The summed E-state index contributed by atoms with van der Waals surface area (Å²) in [4.78, 5) is 26.5. The van der Waals surface area contributed by atoms with E-state index in [0.717, 1.165) is 19.6 Å². The van der Waals surface area contributed by atoms with Crippen molar-refractivity contribution in [2.24, 2.45) is 0 Å². The average molecular weight is 285 g/mol. The summed E-state index contributed by atoms with van der Waals surface area (Å²) in [6.07, 6.45) is 3.04. The molecule has 2 fully saturated rings. The van der Waals surface area contributed by atoms with Crippen molar-refractivity contribution in [3.63, 3.8) is 0 Å². The lowest BCUT2D eigenvalue weighted by Gasteiger charge is -2.27. The molecule has 114 valence electrons. The number of carbonyl (C=O) groups excluding carboxylic acids is 1. The number of nitrogens with zero attached hydrogens (tertiary/aromatic N) is 2. The number of aliphatic hydroxyl groups excluding tert-OH is 1. The molecule has 0 aromatic carbocycles. The fourth-order valence-corrected chi connectivity index (χ4v) is 2.88. The number of β-amino-alcohol motifs (C(OH)–C–C–N with tert-alkyl or cyclic N) is 1. The number of amides is 2. The van der Waals surface area contributed by atoms with Crippen molar-refractivity contribution in [1.29, 1.82) is 0 Å². The Morgan fingerprint density at radius 1 is 1.20 bits per heavy atom. The van der Waals surface area contributed by atoms with Crippen LogP contribution in [-0.2, 0) is 4.79 Å². The van der Waals surface area contributed by atoms with Gasteiger partial charge in [0, 0.05) is 26.1 Å². The van der Waals surface area contributed by atoms with Gasteiger partial charge in [0.05, 0.1) is 6.10 Å². The van der Waals surface area contributed by atoms with E-state index < -0.39 is 24.1 Å². The first-order valence-electron chi connectivity index (χ1n) is 7.25. The van der Waals surface area contributed by atoms with Crippen LogP contribution in [0.3, 0.4) is 0 Å². The number of hydrogen-bond donors (Lipinski definition) is 3. The molecule has 0 bridgehead atoms. The fraction of sp³-hybridized carbons (Fsp3) is 0.846. The van der Waals surface area contributed by atoms with E-state index in [9.17, 15) is 14.7 Å². The maximum Gasteiger partial charge on any atom is 0.326 e. The molecule has 0 aromatic rings. The second kappa shape index (κ2) is 6.90. The van der Waals surface area contributed by atoms with E-state index in [1.165, 1.54) is 24.2 Å². The zero-order valence-electron chi connectivity index (χ0n) is 11.6. The highest BCUT2D eigenvalue weighted by Crippen LogP contribution is 2.18. The second-order valence-electron chi connectivity index (χ2n) is 5.53. The highest BCUT2D eigenvalue weighted by atomic mass is 16.4. The number of rotatable bonds is 4. The van der Waals surface area contributed by atoms with Crippen LogP contribution >= 0.6 is 0 Å². The van der Waals surface area contributed by atoms with E-state index in [1.807, 2.05) is 0 Å². The predicted molar refractivity (Wildman–Crippen MR) is 72.4 cm³/mol. The number of aliphatic carboxylic acids is 1. The smallest absolute Gasteiger partial charge is 0.326 e. The molecule has 0 radical (unpaired) electrons. The third-order valence-electron chi connectivity index (χ3n) is 3.98. The van der Waals surface area contributed by atoms with Crippen molar-refractivity contribution < 1.29 is 19.8 Å². The number of aliphatic hydroxyl groups is 1. The number of carboxylic acid groups (broad SMARTS) is 1. The Morgan fingerprint density at radius 3 is 2.55 bits per heavy atom. The molecule has 2 saturated heterocycles. The number of piperidine rings is 1. The summed E-state index contributed by atoms with van der Waals surface area (Å²) in [6, 6.07) is -1.31. The molecule has 0 spiro atoms. The van der Waals surface area contributed by atoms with E-state index >= 15 is 0 Å². The van der Waals surface area contributed by atoms with E-state index in [1.54, 1.807) is 0 Å². The third-order valence-corrected chi connectivity index (χ3v) is 3.98. The van der Waals surface area contributed by atoms with Gasteiger partial charge in [-0.2, -0.15) is 0 Å². The van der Waals surface area contributed by atoms with Crippen LogP contribution in [0.4, 0.5) is 4.79 Å². The van der Waals surface area contributed by atoms with Crippen LogP contribution in [-0.4, -0.2) is 76.9 Å². The summed E-state index contributed by atoms with van der Waals surface area (Å²) in [5.41, 5.74) is 0. The first kappa shape index (κ1) is 15.1. The van der Waals surface area contributed by atoms with Crippen LogP contribution in [0.15, 0.2) is 0 Å². The zero-order chi connectivity index (χ0) is 14.5. The number of urea groups is 1. The van der Waals surface area contributed by atoms with Crippen molar-refractivity contribution in [1.82, 2.24) is 15.1 Å². The molecule has 0 unspecified atom stereocenters. The maximum atomic E-state index is 12.0. The van der Waals surface area contributed by atoms with Crippen LogP contribution in [0.2, 0.25) is 0 Å². The van der Waals surface area contributed by atoms with Crippen molar-refractivity contribution in [2.75, 3.05) is 32.7 Å². The Labute approximate surface area is 118 Å². The SMILES string of the molecule is O=C(O)[C@@H]1C[C@@H](O)CN1C(=O)NCCN1CCCCC1. The Bertz CT molecular complexity index is 358. The summed E-state index contributed by atoms with van der Waals surface area (Å²) in [7, 11) is 0. The van der Waals surface area contributed by atoms with E-state index in [2.05, 4.69) is 10.2 Å². The molecule has 7 heteroatoms. The molecule has 0 aliphatic carbocycles. The van der Waals surface area contributed by atoms with Gasteiger partial charge in [-0.1, -0.05) is 6.42 Å². The molecule has 7 nitrogen and oxygen atoms in total. The normalized spacial score (nSPS) is 27.6. The van der Waals surface area contributed by atoms with Crippen LogP contribution in [0.5, 0.6) is 0 Å². The highest BCUT2D eigenvalue weighted by Gasteiger charge is 2.38. The van der Waals surface area contributed by atoms with Crippen molar-refractivity contribution in [2.45, 2.75) is 37.8 Å². The molecule has 0 aromatic heterocycles. The average Bonchev–Trinajstić information content (AvgIpc) is 2.82. The molecule has 2 aliphatic heterocycles. The van der Waals surface area contributed by atoms with Gasteiger partial charge in [-0.25, -0.2) is 9.59 Å². The quantitative estimate of drug-likeness (QED) is 0.659. The highest BCUT2D eigenvalue weighted by molar-refractivity contribution is 5.83. The Kier molecular flexibility index (Phi) is 5.19. The molecule has 0 saturated carbocycles. The standard InChI is InChI=1S/C13H23N3O4/c17-10-8-11(12(18)19)16(9-10)13(20)14-4-7-15-5-2-1-3-6-15/h10-11,17H,1-9H2,(H,14,20)(H,18,19)/t10-,11+/m1/s1. The monoisotopic (exact) mass is 285 g/mol. The molecule has 2 atom stereocenters. The molecule has 3 N–H and O–H groups in total. The predicted octanol–water partition coefficient (Wildman–Crippen LogP) is -0.298. The van der Waals surface area contributed by atoms with Crippen LogP contribution in [0.25, 0.3) is 0 Å². The van der Waals surface area contributed by atoms with Gasteiger partial charge in [-0.05, 0) is 25.9 Å². The largest absolute Gasteiger partial charge is 0.480 e. The molecular weight excluding hydrogens is 262 g/mol. The Hall–Kier alpha value is -1.34. The summed E-state index contributed by atoms with van der Waals surface area (Å²) in [5.74, 6) is -1.06. The molecule has 2 aliphatic rings. The third kappa shape index (κ3) is 3.83. The number of hydrogen-bond acceptors (Lipinski definition) is 4. The lowest BCUT2D eigenvalue weighted by molar-refractivity contribution is -0.141. The Balaban J connectivity index is 1.74. The number of carbonyl (C=O) groups is 2. The summed E-state index contributed by atoms with van der Waals surface area (Å²) in [6.45, 7) is 3.52. The first-order valence-corrected chi connectivity index (χ1v) is 7.25. The zero-order valence-corrected chi connectivity index (χ0v) is 11.6. The number of nitrogens with one attached hydrogen (secondary N) is 1. The minimum absolute atomic E-state index is 0.0898. The topological polar surface area (TPSA) is 93.1 Å². The van der Waals surface area contributed by atoms with E-state index in [4.69, 9.17) is 5.11 Å². The first-order chi connectivity index (χ1) is 9.58. The van der Waals surface area contributed by atoms with Crippen molar-refractivity contribution in [3.05, 3.63) is 0 Å². The summed E-state index contributed by atoms with van der Waals surface area (Å²) >= 11 is 0. The van der Waals surface area contributed by atoms with Crippen LogP contribution < -0.4 is 5.32 Å². The van der Waals surface area contributed by atoms with Gasteiger partial charge in [0.25, 0.3) is 0 Å². The molecule has 2 rings (SSSR count). The summed E-state index contributed by atoms with van der Waals surface area (Å²) in [5, 5.41) is 21.3. The van der Waals surface area contributed by atoms with Gasteiger partial charge in [0.15, 0.2) is 0 Å². The fourth-order valence-electron chi connectivity index (χ4n) is 2.88. The summed E-state index contributed by atoms with van der Waals surface area (Å²) < 4.78 is 0. The van der Waals surface area contributed by atoms with E-state index in [-0.39, 0.29) is 13.0 Å². The number of carboxylic acids is 1. The van der Waals surface area contributed by atoms with Gasteiger partial charge >= 0.3 is 12.0 Å². The van der Waals surface area contributed by atoms with Gasteiger partial charge in [0.1, 0.15) is 6.04 Å². The van der Waals surface area contributed by atoms with Crippen molar-refractivity contribution >= 4 is 12.0 Å². The Morgan fingerprint density at radius 2 is 1.90 bits per heavy atom. The molecule has 2 amide bonds. The van der Waals surface area contributed by atoms with Gasteiger partial charge in [0.2, 0.25) is 0 Å². The van der Waals surface area contributed by atoms with Crippen LogP contribution in [0, 0.1) is 0 Å². The van der Waals surface area contributed by atoms with Crippen molar-refractivity contribution in [3.8, 4) is 0 Å². The van der Waals surface area contributed by atoms with Gasteiger partial charge in [-0.15, -0.1) is 0 Å². The second-order valence-corrected chi connectivity index (χ2v) is 5.53. The van der Waals surface area contributed by atoms with Crippen LogP contribution in [0.1, 0.15) is 25.7 Å². The lowest BCUT2D eigenvalue weighted by Crippen LogP contribution is -2.48. The van der Waals surface area contributed by atoms with E-state index in [0.29, 0.717) is 6.54 Å². The van der Waals surface area contributed by atoms with Gasteiger partial charge < -0.3 is 25.3 Å². The lowest BCUT2D eigenvalue weighted by atomic mass is 10.1. The van der Waals surface area contributed by atoms with Gasteiger partial charge in [-0.3, -0.25) is 0 Å². The number of likely N-dealkylation sites (tertiary alicyclic amines) is 2.